The standard InChI is InChI=1S/C11H13F2N3O4/c12-10(13)6-20-4-3-15-11(17)8-5-7(16(18)19)1-2-9(8)14/h1-2,5,10H,3-4,6,14H2,(H,15,17). The number of nitro groups is 1. The van der Waals surface area contributed by atoms with Crippen LogP contribution < -0.4 is 11.1 Å². The predicted molar refractivity (Wildman–Crippen MR) is 66.7 cm³/mol. The van der Waals surface area contributed by atoms with Gasteiger partial charge in [-0.1, -0.05) is 0 Å². The van der Waals surface area contributed by atoms with Crippen LogP contribution in [0.3, 0.4) is 0 Å². The van der Waals surface area contributed by atoms with Gasteiger partial charge in [0.25, 0.3) is 18.0 Å². The molecular weight excluding hydrogens is 276 g/mol. The molecule has 7 nitrogen and oxygen atoms in total. The number of halogens is 2. The van der Waals surface area contributed by atoms with Crippen molar-refractivity contribution in [2.24, 2.45) is 0 Å². The highest BCUT2D eigenvalue weighted by Crippen LogP contribution is 2.19. The van der Waals surface area contributed by atoms with Crippen molar-refractivity contribution in [2.75, 3.05) is 25.5 Å². The van der Waals surface area contributed by atoms with Crippen LogP contribution in [0.2, 0.25) is 0 Å². The molecule has 1 aromatic rings. The zero-order valence-electron chi connectivity index (χ0n) is 10.3. The van der Waals surface area contributed by atoms with Gasteiger partial charge in [-0.3, -0.25) is 14.9 Å². The molecule has 0 aliphatic rings. The molecular formula is C11H13F2N3O4. The average molecular weight is 289 g/mol. The van der Waals surface area contributed by atoms with Gasteiger partial charge in [0.15, 0.2) is 0 Å². The van der Waals surface area contributed by atoms with Crippen molar-refractivity contribution in [3.63, 3.8) is 0 Å². The summed E-state index contributed by atoms with van der Waals surface area (Å²) in [6, 6.07) is 3.48. The normalized spacial score (nSPS) is 10.6. The molecule has 0 radical (unpaired) electrons. The Morgan fingerprint density at radius 3 is 2.80 bits per heavy atom. The molecule has 0 saturated heterocycles. The first kappa shape index (κ1) is 15.8. The molecule has 0 spiro atoms. The van der Waals surface area contributed by atoms with Gasteiger partial charge in [0.2, 0.25) is 0 Å². The molecule has 20 heavy (non-hydrogen) atoms. The van der Waals surface area contributed by atoms with Gasteiger partial charge in [-0.25, -0.2) is 8.78 Å². The largest absolute Gasteiger partial charge is 0.398 e. The average Bonchev–Trinajstić information content (AvgIpc) is 2.37. The summed E-state index contributed by atoms with van der Waals surface area (Å²) in [7, 11) is 0. The van der Waals surface area contributed by atoms with Gasteiger partial charge < -0.3 is 15.8 Å². The van der Waals surface area contributed by atoms with Gasteiger partial charge in [0.1, 0.15) is 6.61 Å². The summed E-state index contributed by atoms with van der Waals surface area (Å²) in [6.45, 7) is -0.812. The summed E-state index contributed by atoms with van der Waals surface area (Å²) >= 11 is 0. The van der Waals surface area contributed by atoms with E-state index >= 15 is 0 Å². The lowest BCUT2D eigenvalue weighted by Crippen LogP contribution is -2.28. The summed E-state index contributed by atoms with van der Waals surface area (Å²) in [4.78, 5) is 21.7. The third kappa shape index (κ3) is 4.76. The van der Waals surface area contributed by atoms with Crippen molar-refractivity contribution >= 4 is 17.3 Å². The Balaban J connectivity index is 2.55. The molecule has 110 valence electrons. The number of non-ortho nitro benzene ring substituents is 1. The van der Waals surface area contributed by atoms with Crippen LogP contribution in [0.25, 0.3) is 0 Å². The van der Waals surface area contributed by atoms with Crippen LogP contribution >= 0.6 is 0 Å². The van der Waals surface area contributed by atoms with Crippen molar-refractivity contribution in [2.45, 2.75) is 6.43 Å². The lowest BCUT2D eigenvalue weighted by molar-refractivity contribution is -0.384. The van der Waals surface area contributed by atoms with E-state index in [-0.39, 0.29) is 30.1 Å². The minimum Gasteiger partial charge on any atom is -0.398 e. The number of amides is 1. The van der Waals surface area contributed by atoms with Crippen LogP contribution in [-0.2, 0) is 4.74 Å². The monoisotopic (exact) mass is 289 g/mol. The SMILES string of the molecule is Nc1ccc([N+](=O)[O-])cc1C(=O)NCCOCC(F)F. The highest BCUT2D eigenvalue weighted by molar-refractivity contribution is 5.99. The zero-order chi connectivity index (χ0) is 15.1. The fourth-order valence-corrected chi connectivity index (χ4v) is 1.36. The number of nitrogen functional groups attached to an aromatic ring is 1. The maximum atomic E-state index is 11.8. The fraction of sp³-hybridized carbons (Fsp3) is 0.364. The number of nitrogens with two attached hydrogens (primary N) is 1. The van der Waals surface area contributed by atoms with Crippen LogP contribution in [-0.4, -0.2) is 37.0 Å². The van der Waals surface area contributed by atoms with Crippen molar-refractivity contribution in [1.29, 1.82) is 0 Å². The molecule has 0 aliphatic carbocycles. The highest BCUT2D eigenvalue weighted by atomic mass is 19.3. The second-order valence-corrected chi connectivity index (χ2v) is 3.75. The second-order valence-electron chi connectivity index (χ2n) is 3.75. The molecule has 0 aliphatic heterocycles. The number of carbonyl (C=O) groups excluding carboxylic acids is 1. The molecule has 0 saturated carbocycles. The Kier molecular flexibility index (Phi) is 5.78. The van der Waals surface area contributed by atoms with Gasteiger partial charge in [-0.15, -0.1) is 0 Å². The Bertz CT molecular complexity index is 497. The molecule has 1 aromatic carbocycles. The molecule has 0 fully saturated rings. The first-order valence-electron chi connectivity index (χ1n) is 5.60. The van der Waals surface area contributed by atoms with Gasteiger partial charge in [-0.2, -0.15) is 0 Å². The molecule has 3 N–H and O–H groups in total. The van der Waals surface area contributed by atoms with Crippen LogP contribution in [0.5, 0.6) is 0 Å². The number of anilines is 1. The molecule has 0 atom stereocenters. The van der Waals surface area contributed by atoms with Crippen molar-refractivity contribution in [3.05, 3.63) is 33.9 Å². The van der Waals surface area contributed by atoms with E-state index in [1.807, 2.05) is 0 Å². The van der Waals surface area contributed by atoms with Crippen molar-refractivity contribution in [3.8, 4) is 0 Å². The van der Waals surface area contributed by atoms with E-state index in [1.54, 1.807) is 0 Å². The number of nitrogens with one attached hydrogen (secondary N) is 1. The number of nitro benzene ring substituents is 1. The summed E-state index contributed by atoms with van der Waals surface area (Å²) in [5.74, 6) is -0.633. The second kappa shape index (κ2) is 7.34. The van der Waals surface area contributed by atoms with Crippen molar-refractivity contribution in [1.82, 2.24) is 5.32 Å². The topological polar surface area (TPSA) is 107 Å². The summed E-state index contributed by atoms with van der Waals surface area (Å²) in [5, 5.41) is 13.0. The number of ether oxygens (including phenoxy) is 1. The Hall–Kier alpha value is -2.29. The first-order chi connectivity index (χ1) is 9.41. The van der Waals surface area contributed by atoms with E-state index in [0.29, 0.717) is 0 Å². The zero-order valence-corrected chi connectivity index (χ0v) is 10.3. The lowest BCUT2D eigenvalue weighted by Gasteiger charge is -2.08. The van der Waals surface area contributed by atoms with E-state index in [4.69, 9.17) is 5.73 Å². The number of hydrogen-bond acceptors (Lipinski definition) is 5. The van der Waals surface area contributed by atoms with E-state index in [2.05, 4.69) is 10.1 Å². The number of nitrogens with zero attached hydrogens (tertiary/aromatic N) is 1. The molecule has 0 heterocycles. The third-order valence-electron chi connectivity index (χ3n) is 2.27. The van der Waals surface area contributed by atoms with Crippen LogP contribution in [0.1, 0.15) is 10.4 Å². The number of hydrogen-bond donors (Lipinski definition) is 2. The highest BCUT2D eigenvalue weighted by Gasteiger charge is 2.14. The molecule has 1 amide bonds. The van der Waals surface area contributed by atoms with Gasteiger partial charge >= 0.3 is 0 Å². The fourth-order valence-electron chi connectivity index (χ4n) is 1.36. The molecule has 0 bridgehead atoms. The van der Waals surface area contributed by atoms with Gasteiger partial charge in [0, 0.05) is 24.4 Å². The van der Waals surface area contributed by atoms with Crippen LogP contribution in [0.4, 0.5) is 20.2 Å². The van der Waals surface area contributed by atoms with E-state index in [1.165, 1.54) is 12.1 Å². The molecule has 9 heteroatoms. The van der Waals surface area contributed by atoms with Crippen molar-refractivity contribution < 1.29 is 23.2 Å². The quantitative estimate of drug-likeness (QED) is 0.339. The van der Waals surface area contributed by atoms with E-state index in [0.717, 1.165) is 6.07 Å². The molecule has 0 unspecified atom stereocenters. The van der Waals surface area contributed by atoms with Gasteiger partial charge in [0.05, 0.1) is 17.1 Å². The predicted octanol–water partition coefficient (Wildman–Crippen LogP) is 1.19. The van der Waals surface area contributed by atoms with E-state index < -0.39 is 23.9 Å². The van der Waals surface area contributed by atoms with Crippen LogP contribution in [0, 0.1) is 10.1 Å². The smallest absolute Gasteiger partial charge is 0.270 e. The number of alkyl halides is 2. The maximum Gasteiger partial charge on any atom is 0.270 e. The van der Waals surface area contributed by atoms with Crippen LogP contribution in [0.15, 0.2) is 18.2 Å². The Morgan fingerprint density at radius 2 is 2.20 bits per heavy atom. The summed E-state index contributed by atoms with van der Waals surface area (Å²) in [5.41, 5.74) is 5.32. The first-order valence-corrected chi connectivity index (χ1v) is 5.60. The number of carbonyl (C=O) groups is 1. The Morgan fingerprint density at radius 1 is 1.50 bits per heavy atom. The summed E-state index contributed by atoms with van der Waals surface area (Å²) < 4.78 is 28.1. The molecule has 0 aromatic heterocycles. The van der Waals surface area contributed by atoms with Gasteiger partial charge in [-0.05, 0) is 6.07 Å². The molecule has 1 rings (SSSR count). The number of rotatable bonds is 7. The summed E-state index contributed by atoms with van der Waals surface area (Å²) in [6.07, 6.45) is -2.57. The Labute approximate surface area is 112 Å². The number of benzene rings is 1. The lowest BCUT2D eigenvalue weighted by atomic mass is 10.1. The van der Waals surface area contributed by atoms with E-state index in [9.17, 15) is 23.7 Å². The third-order valence-corrected chi connectivity index (χ3v) is 2.27. The minimum absolute atomic E-state index is 0.00626. The maximum absolute atomic E-state index is 11.8. The minimum atomic E-state index is -2.57.